The molecular weight excluding hydrogens is 306 g/mol. The summed E-state index contributed by atoms with van der Waals surface area (Å²) in [6.07, 6.45) is 0. The number of aryl methyl sites for hydroxylation is 3. The van der Waals surface area contributed by atoms with Crippen LogP contribution in [0, 0.1) is 20.8 Å². The van der Waals surface area contributed by atoms with Gasteiger partial charge in [0.1, 0.15) is 0 Å². The molecule has 1 N–H and O–H groups in total. The minimum atomic E-state index is -1.43. The van der Waals surface area contributed by atoms with Gasteiger partial charge in [0.05, 0.1) is 0 Å². The van der Waals surface area contributed by atoms with Crippen LogP contribution in [0.5, 0.6) is 0 Å². The Hall–Kier alpha value is -0.714. The molecule has 2 rings (SSSR count). The molecule has 3 nitrogen and oxygen atoms in total. The summed E-state index contributed by atoms with van der Waals surface area (Å²) in [6, 6.07) is 4.56. The molecule has 1 aromatic carbocycles. The number of anilines is 1. The van der Waals surface area contributed by atoms with Crippen LogP contribution in [0.1, 0.15) is 16.7 Å². The first-order chi connectivity index (χ1) is 9.45. The van der Waals surface area contributed by atoms with Crippen molar-refractivity contribution in [3.05, 3.63) is 28.8 Å². The number of nitrogens with zero attached hydrogens (tertiary/aromatic N) is 2. The van der Waals surface area contributed by atoms with E-state index >= 15 is 0 Å². The summed E-state index contributed by atoms with van der Waals surface area (Å²) in [7, 11) is 0. The Morgan fingerprint density at radius 2 is 1.80 bits per heavy atom. The number of amidine groups is 1. The number of hydrogen-bond donors (Lipinski definition) is 1. The Morgan fingerprint density at radius 1 is 1.20 bits per heavy atom. The van der Waals surface area contributed by atoms with Gasteiger partial charge < -0.3 is 0 Å². The van der Waals surface area contributed by atoms with Crippen molar-refractivity contribution in [1.82, 2.24) is 0 Å². The van der Waals surface area contributed by atoms with Crippen LogP contribution >= 0.6 is 0 Å². The van der Waals surface area contributed by atoms with Gasteiger partial charge in [-0.1, -0.05) is 0 Å². The SMILES string of the molecule is Cc1cc(C)c(N2CC[N+](CCO)=[C]2[Ga]([CH3])[CH3])c(C)c1. The van der Waals surface area contributed by atoms with E-state index in [1.165, 1.54) is 26.8 Å². The molecule has 1 aliphatic rings. The van der Waals surface area contributed by atoms with Gasteiger partial charge in [0.15, 0.2) is 0 Å². The van der Waals surface area contributed by atoms with Crippen molar-refractivity contribution in [3.8, 4) is 0 Å². The summed E-state index contributed by atoms with van der Waals surface area (Å²) in [4.78, 5) is 2.53. The normalized spacial score (nSPS) is 15.2. The van der Waals surface area contributed by atoms with Crippen LogP contribution in [-0.4, -0.2) is 56.5 Å². The van der Waals surface area contributed by atoms with E-state index in [0.29, 0.717) is 0 Å². The summed E-state index contributed by atoms with van der Waals surface area (Å²) in [5.41, 5.74) is 10.3. The van der Waals surface area contributed by atoms with Crippen LogP contribution in [0.3, 0.4) is 0 Å². The topological polar surface area (TPSA) is 26.5 Å². The van der Waals surface area contributed by atoms with Gasteiger partial charge in [0.25, 0.3) is 0 Å². The van der Waals surface area contributed by atoms with Crippen molar-refractivity contribution >= 4 is 26.3 Å². The van der Waals surface area contributed by atoms with Crippen molar-refractivity contribution < 1.29 is 9.68 Å². The van der Waals surface area contributed by atoms with E-state index in [1.807, 2.05) is 0 Å². The summed E-state index contributed by atoms with van der Waals surface area (Å²) < 4.78 is 3.94. The van der Waals surface area contributed by atoms with Gasteiger partial charge in [-0.2, -0.15) is 0 Å². The molecule has 108 valence electrons. The molecule has 0 aliphatic carbocycles. The molecule has 4 heteroatoms. The van der Waals surface area contributed by atoms with E-state index < -0.39 is 16.2 Å². The predicted molar refractivity (Wildman–Crippen MR) is 87.6 cm³/mol. The zero-order valence-electron chi connectivity index (χ0n) is 13.4. The maximum atomic E-state index is 9.28. The standard InChI is InChI=1S/C14H20N2O.2CH3.Ga/c1-11-8-12(2)14(13(3)9-11)16-5-4-15(10-16)6-7-17;;;/h8-9,17H,4-7H2,1-3H3;2*1H3;/q+1;;;. The Balaban J connectivity index is 2.48. The summed E-state index contributed by atoms with van der Waals surface area (Å²) in [6.45, 7) is 9.73. The molecule has 0 fully saturated rings. The summed E-state index contributed by atoms with van der Waals surface area (Å²) in [5, 5.41) is 9.28. The van der Waals surface area contributed by atoms with Gasteiger partial charge in [0.2, 0.25) is 0 Å². The zero-order valence-corrected chi connectivity index (χ0v) is 15.8. The molecule has 0 atom stereocenters. The molecule has 0 saturated heterocycles. The first-order valence-electron chi connectivity index (χ1n) is 7.53. The number of aliphatic hydroxyl groups is 1. The Kier molecular flexibility index (Phi) is 4.99. The molecule has 0 aromatic heterocycles. The first kappa shape index (κ1) is 15.7. The van der Waals surface area contributed by atoms with Crippen LogP contribution < -0.4 is 4.90 Å². The molecule has 0 saturated carbocycles. The third-order valence-electron chi connectivity index (χ3n) is 3.99. The van der Waals surface area contributed by atoms with Gasteiger partial charge in [0, 0.05) is 0 Å². The van der Waals surface area contributed by atoms with Gasteiger partial charge in [-0.05, 0) is 0 Å². The Labute approximate surface area is 128 Å². The van der Waals surface area contributed by atoms with E-state index in [0.717, 1.165) is 19.6 Å². The fraction of sp³-hybridized carbons (Fsp3) is 0.562. The molecule has 0 unspecified atom stereocenters. The van der Waals surface area contributed by atoms with Gasteiger partial charge in [-0.25, -0.2) is 0 Å². The molecule has 1 aliphatic heterocycles. The summed E-state index contributed by atoms with van der Waals surface area (Å²) in [5.74, 6) is 0. The van der Waals surface area contributed by atoms with Crippen LogP contribution in [0.4, 0.5) is 5.69 Å². The van der Waals surface area contributed by atoms with Crippen molar-refractivity contribution in [1.29, 1.82) is 0 Å². The fourth-order valence-electron chi connectivity index (χ4n) is 3.47. The molecule has 0 bridgehead atoms. The second kappa shape index (κ2) is 6.37. The average molecular weight is 332 g/mol. The van der Waals surface area contributed by atoms with Crippen LogP contribution in [-0.2, 0) is 0 Å². The Bertz CT molecular complexity index is 514. The van der Waals surface area contributed by atoms with E-state index in [2.05, 4.69) is 53.3 Å². The number of aliphatic hydroxyl groups excluding tert-OH is 1. The third kappa shape index (κ3) is 2.97. The number of benzene rings is 1. The molecule has 0 spiro atoms. The van der Waals surface area contributed by atoms with Gasteiger partial charge in [-0.15, -0.1) is 0 Å². The third-order valence-corrected chi connectivity index (χ3v) is 7.57. The number of hydrogen-bond acceptors (Lipinski definition) is 2. The molecule has 0 radical (unpaired) electrons. The molecule has 0 amide bonds. The van der Waals surface area contributed by atoms with E-state index in [-0.39, 0.29) is 6.61 Å². The fourth-order valence-corrected chi connectivity index (χ4v) is 7.39. The van der Waals surface area contributed by atoms with E-state index in [4.69, 9.17) is 0 Å². The molecule has 1 heterocycles. The van der Waals surface area contributed by atoms with Crippen LogP contribution in [0.25, 0.3) is 0 Å². The average Bonchev–Trinajstić information content (AvgIpc) is 2.72. The summed E-state index contributed by atoms with van der Waals surface area (Å²) >= 11 is -1.43. The van der Waals surface area contributed by atoms with Crippen molar-refractivity contribution in [2.75, 3.05) is 31.1 Å². The van der Waals surface area contributed by atoms with Crippen LogP contribution in [0.15, 0.2) is 12.1 Å². The zero-order chi connectivity index (χ0) is 14.9. The number of rotatable bonds is 4. The quantitative estimate of drug-likeness (QED) is 0.675. The van der Waals surface area contributed by atoms with Crippen molar-refractivity contribution in [3.63, 3.8) is 0 Å². The van der Waals surface area contributed by atoms with Crippen molar-refractivity contribution in [2.24, 2.45) is 0 Å². The minimum absolute atomic E-state index is 0.248. The van der Waals surface area contributed by atoms with Gasteiger partial charge in [-0.3, -0.25) is 0 Å². The monoisotopic (exact) mass is 331 g/mol. The maximum absolute atomic E-state index is 9.28. The van der Waals surface area contributed by atoms with Crippen molar-refractivity contribution in [2.45, 2.75) is 31.7 Å². The molecular formula is C16H26GaN2O+. The Morgan fingerprint density at radius 3 is 2.30 bits per heavy atom. The van der Waals surface area contributed by atoms with E-state index in [9.17, 15) is 5.11 Å². The second-order valence-electron chi connectivity index (χ2n) is 6.12. The van der Waals surface area contributed by atoms with Gasteiger partial charge >= 0.3 is 128 Å². The predicted octanol–water partition coefficient (Wildman–Crippen LogP) is 2.13. The molecule has 1 aromatic rings. The molecule has 20 heavy (non-hydrogen) atoms. The first-order valence-corrected chi connectivity index (χ1v) is 13.6. The van der Waals surface area contributed by atoms with Crippen LogP contribution in [0.2, 0.25) is 11.0 Å². The number of β-amino-alcohol motifs (C(OH)–C–C–N with tert-alkyl or cyclic N) is 1. The van der Waals surface area contributed by atoms with E-state index in [1.54, 1.807) is 0 Å². The second-order valence-corrected chi connectivity index (χ2v) is 12.1.